The van der Waals surface area contributed by atoms with Crippen LogP contribution in [0.3, 0.4) is 0 Å². The summed E-state index contributed by atoms with van der Waals surface area (Å²) in [5, 5.41) is 28.4. The molecule has 0 radical (unpaired) electrons. The highest BCUT2D eigenvalue weighted by Crippen LogP contribution is 2.38. The molecule has 1 fully saturated rings. The predicted octanol–water partition coefficient (Wildman–Crippen LogP) is 7.38. The summed E-state index contributed by atoms with van der Waals surface area (Å²) in [6.45, 7) is 3.51. The van der Waals surface area contributed by atoms with Gasteiger partial charge in [0.15, 0.2) is 0 Å². The van der Waals surface area contributed by atoms with E-state index in [0.717, 1.165) is 67.7 Å². The standard InChI is InChI=1S/C36H36ClFN6O3S/c1-4-40-44-12-11-31-32(44)18-29-30(37)10-9-28-27(35(36(45)46)42(2)34(28)29)6-5-13-47-33-17-25(15-21-14-22(38)7-8-26(21)33)48-20-24-16-23(19-39-31)41-43(24)3/h4,7-10,14-18,31,39H,5-6,11-13,19-20H2,1-3H3,(H,45,46)/b32-18+,40-4+/t31-/m1/s1. The third-order valence-electron chi connectivity index (χ3n) is 9.10. The Morgan fingerprint density at radius 2 is 2.02 bits per heavy atom. The number of carboxylic acid groups (broad SMARTS) is 1. The molecule has 1 saturated heterocycles. The average Bonchev–Trinajstić information content (AvgIpc) is 3.70. The third-order valence-corrected chi connectivity index (χ3v) is 10.4. The average molecular weight is 687 g/mol. The summed E-state index contributed by atoms with van der Waals surface area (Å²) in [5.74, 6) is 0.0314. The molecular weight excluding hydrogens is 651 g/mol. The second-order valence-electron chi connectivity index (χ2n) is 12.1. The Morgan fingerprint density at radius 1 is 1.19 bits per heavy atom. The minimum atomic E-state index is -1.00. The van der Waals surface area contributed by atoms with Crippen molar-refractivity contribution in [1.29, 1.82) is 0 Å². The van der Waals surface area contributed by atoms with E-state index >= 15 is 0 Å². The van der Waals surface area contributed by atoms with Crippen molar-refractivity contribution < 1.29 is 19.0 Å². The van der Waals surface area contributed by atoms with Gasteiger partial charge in [-0.05, 0) is 85.7 Å². The lowest BCUT2D eigenvalue weighted by Gasteiger charge is -2.19. The molecule has 48 heavy (non-hydrogen) atoms. The minimum absolute atomic E-state index is 0.0267. The van der Waals surface area contributed by atoms with Crippen molar-refractivity contribution in [2.24, 2.45) is 19.2 Å². The molecule has 0 spiro atoms. The molecule has 2 aliphatic rings. The van der Waals surface area contributed by atoms with Crippen molar-refractivity contribution >= 4 is 63.3 Å². The normalized spacial score (nSPS) is 18.6. The first-order valence-electron chi connectivity index (χ1n) is 16.0. The summed E-state index contributed by atoms with van der Waals surface area (Å²) in [7, 11) is 3.73. The van der Waals surface area contributed by atoms with E-state index in [9.17, 15) is 14.3 Å². The maximum absolute atomic E-state index is 14.3. The van der Waals surface area contributed by atoms with Gasteiger partial charge < -0.3 is 19.7 Å². The molecule has 2 aliphatic heterocycles. The topological polar surface area (TPSA) is 96.9 Å². The molecule has 2 N–H and O–H groups in total. The van der Waals surface area contributed by atoms with Gasteiger partial charge in [0.05, 0.1) is 29.6 Å². The number of hydrogen-bond acceptors (Lipinski definition) is 7. The molecule has 1 atom stereocenters. The summed E-state index contributed by atoms with van der Waals surface area (Å²) in [6, 6.07) is 14.5. The van der Waals surface area contributed by atoms with Crippen LogP contribution in [0.2, 0.25) is 5.02 Å². The maximum atomic E-state index is 14.3. The number of hydrazone groups is 1. The number of carbonyl (C=O) groups is 1. The summed E-state index contributed by atoms with van der Waals surface area (Å²) in [5.41, 5.74) is 5.40. The van der Waals surface area contributed by atoms with E-state index in [1.807, 2.05) is 54.0 Å². The summed E-state index contributed by atoms with van der Waals surface area (Å²) >= 11 is 8.54. The Bertz CT molecular complexity index is 2120. The van der Waals surface area contributed by atoms with Gasteiger partial charge in [0.2, 0.25) is 0 Å². The van der Waals surface area contributed by atoms with Crippen LogP contribution in [0.15, 0.2) is 64.2 Å². The quantitative estimate of drug-likeness (QED) is 0.187. The number of nitrogens with one attached hydrogen (secondary N) is 1. The molecule has 4 heterocycles. The molecule has 2 aromatic heterocycles. The number of benzene rings is 3. The zero-order valence-corrected chi connectivity index (χ0v) is 28.5. The van der Waals surface area contributed by atoms with Crippen LogP contribution in [0.25, 0.3) is 27.8 Å². The van der Waals surface area contributed by atoms with Crippen LogP contribution in [0.5, 0.6) is 5.75 Å². The second kappa shape index (κ2) is 13.3. The second-order valence-corrected chi connectivity index (χ2v) is 13.6. The number of aromatic carboxylic acids is 1. The molecule has 0 saturated carbocycles. The van der Waals surface area contributed by atoms with Crippen molar-refractivity contribution in [3.05, 3.63) is 93.3 Å². The first kappa shape index (κ1) is 32.2. The number of carboxylic acids is 1. The minimum Gasteiger partial charge on any atom is -0.493 e. The molecule has 0 amide bonds. The molecule has 248 valence electrons. The molecular formula is C36H36ClFN6O3S. The summed E-state index contributed by atoms with van der Waals surface area (Å²) in [6.07, 6.45) is 5.70. The van der Waals surface area contributed by atoms with Crippen molar-refractivity contribution in [3.63, 3.8) is 0 Å². The smallest absolute Gasteiger partial charge is 0.352 e. The van der Waals surface area contributed by atoms with Crippen LogP contribution >= 0.6 is 23.4 Å². The number of halogens is 2. The Hall–Kier alpha value is -4.32. The lowest BCUT2D eigenvalue weighted by atomic mass is 10.0. The van der Waals surface area contributed by atoms with Gasteiger partial charge in [-0.25, -0.2) is 9.18 Å². The van der Waals surface area contributed by atoms with Crippen LogP contribution in [-0.4, -0.2) is 55.8 Å². The fourth-order valence-electron chi connectivity index (χ4n) is 6.89. The van der Waals surface area contributed by atoms with Crippen LogP contribution in [0, 0.1) is 5.82 Å². The number of rotatable bonds is 2. The van der Waals surface area contributed by atoms with E-state index in [2.05, 4.69) is 16.5 Å². The van der Waals surface area contributed by atoms with Gasteiger partial charge >= 0.3 is 5.97 Å². The van der Waals surface area contributed by atoms with Gasteiger partial charge in [-0.15, -0.1) is 11.8 Å². The van der Waals surface area contributed by atoms with Crippen LogP contribution in [0.1, 0.15) is 52.8 Å². The molecule has 9 nitrogen and oxygen atoms in total. The largest absolute Gasteiger partial charge is 0.493 e. The zero-order valence-electron chi connectivity index (χ0n) is 27.0. The van der Waals surface area contributed by atoms with Gasteiger partial charge in [-0.1, -0.05) is 17.7 Å². The van der Waals surface area contributed by atoms with Crippen LogP contribution in [-0.2, 0) is 32.8 Å². The fraction of sp³-hybridized carbons (Fsp3) is 0.306. The van der Waals surface area contributed by atoms with Crippen molar-refractivity contribution in [3.8, 4) is 5.75 Å². The maximum Gasteiger partial charge on any atom is 0.352 e. The van der Waals surface area contributed by atoms with E-state index < -0.39 is 5.97 Å². The Kier molecular flexibility index (Phi) is 8.93. The first-order valence-corrected chi connectivity index (χ1v) is 17.3. The number of aromatic nitrogens is 3. The fourth-order valence-corrected chi connectivity index (χ4v) is 8.08. The Labute approximate surface area is 287 Å². The number of ether oxygens (including phenoxy) is 1. The van der Waals surface area contributed by atoms with Crippen molar-refractivity contribution in [2.75, 3.05) is 13.2 Å². The third kappa shape index (κ3) is 6.06. The van der Waals surface area contributed by atoms with E-state index in [0.29, 0.717) is 42.5 Å². The molecule has 0 unspecified atom stereocenters. The Balaban J connectivity index is 1.35. The molecule has 7 rings (SSSR count). The van der Waals surface area contributed by atoms with E-state index in [4.69, 9.17) is 21.4 Å². The number of aryl methyl sites for hydroxylation is 3. The first-order chi connectivity index (χ1) is 23.2. The molecule has 8 bridgehead atoms. The summed E-state index contributed by atoms with van der Waals surface area (Å²) < 4.78 is 24.3. The monoisotopic (exact) mass is 686 g/mol. The molecule has 0 aliphatic carbocycles. The highest BCUT2D eigenvalue weighted by Gasteiger charge is 2.29. The van der Waals surface area contributed by atoms with Gasteiger partial charge in [0, 0.05) is 71.1 Å². The Morgan fingerprint density at radius 3 is 2.83 bits per heavy atom. The van der Waals surface area contributed by atoms with Crippen molar-refractivity contribution in [2.45, 2.75) is 49.4 Å². The predicted molar refractivity (Wildman–Crippen MR) is 189 cm³/mol. The number of fused-ring (bicyclic) bond motifs is 7. The van der Waals surface area contributed by atoms with Crippen molar-refractivity contribution in [1.82, 2.24) is 24.7 Å². The van der Waals surface area contributed by atoms with Gasteiger partial charge in [-0.2, -0.15) is 10.2 Å². The van der Waals surface area contributed by atoms with Crippen LogP contribution in [0.4, 0.5) is 4.39 Å². The number of nitrogens with zero attached hydrogens (tertiary/aromatic N) is 5. The zero-order chi connectivity index (χ0) is 33.5. The molecule has 5 aromatic rings. The SMILES string of the molecule is C/C=N/N1CC[C@H]2NCc3cc(n(C)n3)CSc3cc(c4ccc(F)cc4c3)OCCCc3c(C(=O)O)n(C)c4c(c(Cl)ccc34)/C=C\21. The lowest BCUT2D eigenvalue weighted by molar-refractivity contribution is 0.0685. The molecule has 12 heteroatoms. The summed E-state index contributed by atoms with van der Waals surface area (Å²) in [4.78, 5) is 13.6. The van der Waals surface area contributed by atoms with Gasteiger partial charge in [0.25, 0.3) is 0 Å². The van der Waals surface area contributed by atoms with E-state index in [1.54, 1.807) is 35.7 Å². The van der Waals surface area contributed by atoms with Gasteiger partial charge in [-0.3, -0.25) is 9.69 Å². The van der Waals surface area contributed by atoms with Crippen LogP contribution < -0.4 is 10.1 Å². The van der Waals surface area contributed by atoms with E-state index in [1.165, 1.54) is 12.1 Å². The lowest BCUT2D eigenvalue weighted by Crippen LogP contribution is -2.29. The number of thioether (sulfide) groups is 1. The van der Waals surface area contributed by atoms with Gasteiger partial charge in [0.1, 0.15) is 17.3 Å². The highest BCUT2D eigenvalue weighted by molar-refractivity contribution is 7.98. The number of hydrogen-bond donors (Lipinski definition) is 2. The van der Waals surface area contributed by atoms with E-state index in [-0.39, 0.29) is 17.6 Å². The highest BCUT2D eigenvalue weighted by atomic mass is 35.5. The molecule has 3 aromatic carbocycles.